The number of unbranched alkanes of at least 4 members (excludes halogenated alkanes) is 1. The minimum Gasteiger partial charge on any atom is -0.483 e. The van der Waals surface area contributed by atoms with Crippen molar-refractivity contribution >= 4 is 5.97 Å². The van der Waals surface area contributed by atoms with Crippen molar-refractivity contribution in [2.24, 2.45) is 35.5 Å². The summed E-state index contributed by atoms with van der Waals surface area (Å²) in [6, 6.07) is 2.07. The van der Waals surface area contributed by atoms with E-state index in [0.29, 0.717) is 11.8 Å². The minimum atomic E-state index is -0.874. The van der Waals surface area contributed by atoms with Crippen molar-refractivity contribution in [3.63, 3.8) is 0 Å². The van der Waals surface area contributed by atoms with Gasteiger partial charge in [-0.1, -0.05) is 64.5 Å². The van der Waals surface area contributed by atoms with E-state index in [0.717, 1.165) is 49.1 Å². The fraction of sp³-hybridized carbons (Fsp3) is 0.700. The maximum absolute atomic E-state index is 14.3. The van der Waals surface area contributed by atoms with Gasteiger partial charge in [-0.2, -0.15) is 0 Å². The smallest absolute Gasteiger partial charge is 0.314 e. The molecule has 0 amide bonds. The summed E-state index contributed by atoms with van der Waals surface area (Å²) < 4.78 is 39.2. The van der Waals surface area contributed by atoms with Crippen LogP contribution in [0.3, 0.4) is 0 Å². The third-order valence-corrected chi connectivity index (χ3v) is 9.05. The summed E-state index contributed by atoms with van der Waals surface area (Å²) >= 11 is 0. The van der Waals surface area contributed by atoms with Gasteiger partial charge >= 0.3 is 5.97 Å². The SMILES string of the molecule is C=CCOc1c(F)cc(OC(=O)C2CCCC3CC(C4CCC(CCCC)CC4)CCC32)cc1F. The van der Waals surface area contributed by atoms with Crippen LogP contribution in [0.15, 0.2) is 24.8 Å². The largest absolute Gasteiger partial charge is 0.483 e. The van der Waals surface area contributed by atoms with Crippen LogP contribution in [0.2, 0.25) is 0 Å². The topological polar surface area (TPSA) is 35.5 Å². The zero-order chi connectivity index (χ0) is 24.8. The van der Waals surface area contributed by atoms with Crippen LogP contribution < -0.4 is 9.47 Å². The molecule has 3 aliphatic rings. The second-order valence-electron chi connectivity index (χ2n) is 11.2. The quantitative estimate of drug-likeness (QED) is 0.199. The molecule has 0 heterocycles. The van der Waals surface area contributed by atoms with Gasteiger partial charge in [-0.3, -0.25) is 4.79 Å². The highest BCUT2D eigenvalue weighted by molar-refractivity contribution is 5.75. The lowest BCUT2D eigenvalue weighted by Gasteiger charge is -2.46. The predicted molar refractivity (Wildman–Crippen MR) is 134 cm³/mol. The average molecular weight is 489 g/mol. The highest BCUT2D eigenvalue weighted by atomic mass is 19.1. The van der Waals surface area contributed by atoms with E-state index >= 15 is 0 Å². The van der Waals surface area contributed by atoms with Crippen molar-refractivity contribution in [2.75, 3.05) is 6.61 Å². The third-order valence-electron chi connectivity index (χ3n) is 9.05. The Morgan fingerprint density at radius 2 is 1.71 bits per heavy atom. The molecule has 0 saturated heterocycles. The molecule has 0 aliphatic heterocycles. The lowest BCUT2D eigenvalue weighted by atomic mass is 9.59. The third kappa shape index (κ3) is 6.46. The highest BCUT2D eigenvalue weighted by Crippen LogP contribution is 2.50. The number of benzene rings is 1. The summed E-state index contributed by atoms with van der Waals surface area (Å²) in [6.07, 6.45) is 17.6. The van der Waals surface area contributed by atoms with Gasteiger partial charge in [0.1, 0.15) is 12.4 Å². The number of carbonyl (C=O) groups excluding carboxylic acids is 1. The van der Waals surface area contributed by atoms with E-state index in [2.05, 4.69) is 13.5 Å². The average Bonchev–Trinajstić information content (AvgIpc) is 2.86. The lowest BCUT2D eigenvalue weighted by molar-refractivity contribution is -0.144. The van der Waals surface area contributed by atoms with Crippen molar-refractivity contribution in [2.45, 2.75) is 90.4 Å². The Bertz CT molecular complexity index is 838. The molecule has 0 N–H and O–H groups in total. The first-order chi connectivity index (χ1) is 17.0. The summed E-state index contributed by atoms with van der Waals surface area (Å²) in [5, 5.41) is 0. The zero-order valence-corrected chi connectivity index (χ0v) is 21.3. The summed E-state index contributed by atoms with van der Waals surface area (Å²) in [6.45, 7) is 5.76. The minimum absolute atomic E-state index is 0.000589. The maximum Gasteiger partial charge on any atom is 0.314 e. The number of hydrogen-bond acceptors (Lipinski definition) is 3. The second kappa shape index (κ2) is 12.4. The Kier molecular flexibility index (Phi) is 9.24. The molecule has 4 rings (SSSR count). The Morgan fingerprint density at radius 1 is 1.00 bits per heavy atom. The number of hydrogen-bond donors (Lipinski definition) is 0. The summed E-state index contributed by atoms with van der Waals surface area (Å²) in [5.41, 5.74) is 0. The van der Waals surface area contributed by atoms with E-state index in [9.17, 15) is 13.6 Å². The monoisotopic (exact) mass is 488 g/mol. The van der Waals surface area contributed by atoms with Crippen molar-refractivity contribution in [3.8, 4) is 11.5 Å². The predicted octanol–water partition coefficient (Wildman–Crippen LogP) is 8.26. The Hall–Kier alpha value is -1.91. The van der Waals surface area contributed by atoms with Gasteiger partial charge in [-0.15, -0.1) is 0 Å². The lowest BCUT2D eigenvalue weighted by Crippen LogP contribution is -2.40. The Balaban J connectivity index is 1.32. The zero-order valence-electron chi connectivity index (χ0n) is 21.3. The molecule has 3 nitrogen and oxygen atoms in total. The molecule has 1 aromatic rings. The molecular weight excluding hydrogens is 446 g/mol. The van der Waals surface area contributed by atoms with Crippen LogP contribution in [-0.4, -0.2) is 12.6 Å². The van der Waals surface area contributed by atoms with Gasteiger partial charge < -0.3 is 9.47 Å². The van der Waals surface area contributed by atoms with Gasteiger partial charge in [0.15, 0.2) is 17.4 Å². The first kappa shape index (κ1) is 26.2. The van der Waals surface area contributed by atoms with Gasteiger partial charge in [-0.05, 0) is 68.1 Å². The van der Waals surface area contributed by atoms with Crippen molar-refractivity contribution in [3.05, 3.63) is 36.4 Å². The van der Waals surface area contributed by atoms with Crippen LogP contribution in [0.4, 0.5) is 8.78 Å². The number of halogens is 2. The molecule has 194 valence electrons. The van der Waals surface area contributed by atoms with Crippen molar-refractivity contribution < 1.29 is 23.0 Å². The number of fused-ring (bicyclic) bond motifs is 1. The van der Waals surface area contributed by atoms with E-state index in [-0.39, 0.29) is 24.2 Å². The van der Waals surface area contributed by atoms with Crippen LogP contribution in [0.1, 0.15) is 90.4 Å². The summed E-state index contributed by atoms with van der Waals surface area (Å²) in [7, 11) is 0. The molecule has 1 aromatic carbocycles. The van der Waals surface area contributed by atoms with Gasteiger partial charge in [0, 0.05) is 12.1 Å². The maximum atomic E-state index is 14.3. The first-order valence-corrected chi connectivity index (χ1v) is 13.9. The van der Waals surface area contributed by atoms with Crippen LogP contribution in [0.25, 0.3) is 0 Å². The fourth-order valence-corrected chi connectivity index (χ4v) is 7.23. The molecule has 5 heteroatoms. The molecule has 3 saturated carbocycles. The number of ether oxygens (including phenoxy) is 2. The van der Waals surface area contributed by atoms with Crippen molar-refractivity contribution in [1.82, 2.24) is 0 Å². The number of carbonyl (C=O) groups is 1. The number of esters is 1. The van der Waals surface area contributed by atoms with E-state index in [1.807, 2.05) is 0 Å². The van der Waals surface area contributed by atoms with Crippen LogP contribution in [0, 0.1) is 47.1 Å². The Labute approximate surface area is 209 Å². The molecule has 0 radical (unpaired) electrons. The van der Waals surface area contributed by atoms with Crippen molar-refractivity contribution in [1.29, 1.82) is 0 Å². The molecule has 0 aromatic heterocycles. The number of rotatable bonds is 9. The molecular formula is C30H42F2O3. The first-order valence-electron chi connectivity index (χ1n) is 13.9. The van der Waals surface area contributed by atoms with E-state index in [1.165, 1.54) is 70.3 Å². The van der Waals surface area contributed by atoms with Crippen LogP contribution in [-0.2, 0) is 4.79 Å². The van der Waals surface area contributed by atoms with Gasteiger partial charge in [0.25, 0.3) is 0 Å². The van der Waals surface area contributed by atoms with E-state index in [1.54, 1.807) is 0 Å². The van der Waals surface area contributed by atoms with Crippen LogP contribution in [0.5, 0.6) is 11.5 Å². The molecule has 4 atom stereocenters. The van der Waals surface area contributed by atoms with Gasteiger partial charge in [-0.25, -0.2) is 8.78 Å². The van der Waals surface area contributed by atoms with E-state index < -0.39 is 17.4 Å². The van der Waals surface area contributed by atoms with Gasteiger partial charge in [0.05, 0.1) is 5.92 Å². The fourth-order valence-electron chi connectivity index (χ4n) is 7.23. The molecule has 0 bridgehead atoms. The van der Waals surface area contributed by atoms with E-state index in [4.69, 9.17) is 9.47 Å². The standard InChI is InChI=1S/C30H42F2O3/c1-3-5-7-20-10-12-21(13-11-20)22-14-15-25-23(17-22)8-6-9-26(25)30(33)35-24-18-27(31)29(28(32)19-24)34-16-4-2/h4,18-23,25-26H,2-3,5-17H2,1H3. The molecule has 3 aliphatic carbocycles. The van der Waals surface area contributed by atoms with Crippen LogP contribution >= 0.6 is 0 Å². The molecule has 0 spiro atoms. The summed E-state index contributed by atoms with van der Waals surface area (Å²) in [5.74, 6) is 0.663. The normalized spacial score (nSPS) is 30.8. The Morgan fingerprint density at radius 3 is 2.40 bits per heavy atom. The molecule has 3 fully saturated rings. The highest BCUT2D eigenvalue weighted by Gasteiger charge is 2.43. The summed E-state index contributed by atoms with van der Waals surface area (Å²) in [4.78, 5) is 13.1. The second-order valence-corrected chi connectivity index (χ2v) is 11.2. The molecule has 4 unspecified atom stereocenters. The molecule has 35 heavy (non-hydrogen) atoms. The van der Waals surface area contributed by atoms with Gasteiger partial charge in [0.2, 0.25) is 0 Å².